The molecule has 1 saturated carbocycles. The van der Waals surface area contributed by atoms with Crippen LogP contribution in [-0.2, 0) is 16.1 Å². The molecule has 3 rings (SSSR count). The SMILES string of the molecule is O=C(NC1CCCCCC1)[C@H]1C[C@@H](O)CN1C(=O)OCc1ccccc1. The fourth-order valence-electron chi connectivity index (χ4n) is 3.79. The van der Waals surface area contributed by atoms with Crippen LogP contribution < -0.4 is 5.32 Å². The summed E-state index contributed by atoms with van der Waals surface area (Å²) in [6, 6.07) is 8.93. The first-order valence-electron chi connectivity index (χ1n) is 9.59. The Labute approximate surface area is 154 Å². The second-order valence-electron chi connectivity index (χ2n) is 7.29. The number of aliphatic hydroxyl groups excluding tert-OH is 1. The normalized spacial score (nSPS) is 24.1. The molecule has 2 fully saturated rings. The van der Waals surface area contributed by atoms with Crippen molar-refractivity contribution in [2.24, 2.45) is 0 Å². The lowest BCUT2D eigenvalue weighted by molar-refractivity contribution is -0.126. The summed E-state index contributed by atoms with van der Waals surface area (Å²) in [4.78, 5) is 26.5. The van der Waals surface area contributed by atoms with Gasteiger partial charge in [-0.25, -0.2) is 4.79 Å². The van der Waals surface area contributed by atoms with Crippen LogP contribution in [0.25, 0.3) is 0 Å². The summed E-state index contributed by atoms with van der Waals surface area (Å²) in [7, 11) is 0. The average Bonchev–Trinajstić information content (AvgIpc) is 2.87. The molecule has 1 aromatic carbocycles. The van der Waals surface area contributed by atoms with Gasteiger partial charge in [0.2, 0.25) is 5.91 Å². The number of β-amino-alcohol motifs (C(OH)–C–C–N with tert-alkyl or cyclic N) is 1. The molecule has 142 valence electrons. The highest BCUT2D eigenvalue weighted by Crippen LogP contribution is 2.22. The Morgan fingerprint density at radius 1 is 1.12 bits per heavy atom. The zero-order chi connectivity index (χ0) is 18.4. The van der Waals surface area contributed by atoms with Crippen molar-refractivity contribution in [1.29, 1.82) is 0 Å². The first-order valence-corrected chi connectivity index (χ1v) is 9.59. The van der Waals surface area contributed by atoms with E-state index in [9.17, 15) is 14.7 Å². The first-order chi connectivity index (χ1) is 12.6. The van der Waals surface area contributed by atoms with Crippen molar-refractivity contribution in [3.8, 4) is 0 Å². The van der Waals surface area contributed by atoms with E-state index in [1.807, 2.05) is 30.3 Å². The van der Waals surface area contributed by atoms with Gasteiger partial charge in [0.25, 0.3) is 0 Å². The molecule has 0 aromatic heterocycles. The van der Waals surface area contributed by atoms with Crippen LogP contribution in [0.3, 0.4) is 0 Å². The molecule has 1 aromatic rings. The van der Waals surface area contributed by atoms with Crippen LogP contribution in [0.2, 0.25) is 0 Å². The number of nitrogens with one attached hydrogen (secondary N) is 1. The summed E-state index contributed by atoms with van der Waals surface area (Å²) in [5.74, 6) is -0.176. The minimum absolute atomic E-state index is 0.135. The Bertz CT molecular complexity index is 599. The minimum atomic E-state index is -0.691. The van der Waals surface area contributed by atoms with Crippen LogP contribution in [0.15, 0.2) is 30.3 Å². The molecule has 2 N–H and O–H groups in total. The maximum atomic E-state index is 12.7. The number of ether oxygens (including phenoxy) is 1. The Kier molecular flexibility index (Phi) is 6.50. The molecular weight excluding hydrogens is 332 g/mol. The third-order valence-electron chi connectivity index (χ3n) is 5.22. The van der Waals surface area contributed by atoms with Gasteiger partial charge in [-0.1, -0.05) is 56.0 Å². The highest BCUT2D eigenvalue weighted by atomic mass is 16.6. The first kappa shape index (κ1) is 18.7. The number of aliphatic hydroxyl groups is 1. The van der Waals surface area contributed by atoms with E-state index >= 15 is 0 Å². The van der Waals surface area contributed by atoms with E-state index < -0.39 is 18.2 Å². The molecule has 1 saturated heterocycles. The van der Waals surface area contributed by atoms with Gasteiger partial charge >= 0.3 is 6.09 Å². The summed E-state index contributed by atoms with van der Waals surface area (Å²) >= 11 is 0. The number of carbonyl (C=O) groups is 2. The highest BCUT2D eigenvalue weighted by Gasteiger charge is 2.40. The monoisotopic (exact) mass is 360 g/mol. The van der Waals surface area contributed by atoms with E-state index in [0.717, 1.165) is 31.2 Å². The third-order valence-corrected chi connectivity index (χ3v) is 5.22. The van der Waals surface area contributed by atoms with Gasteiger partial charge in [-0.15, -0.1) is 0 Å². The van der Waals surface area contributed by atoms with E-state index in [0.29, 0.717) is 0 Å². The molecule has 26 heavy (non-hydrogen) atoms. The highest BCUT2D eigenvalue weighted by molar-refractivity contribution is 5.86. The standard InChI is InChI=1S/C20H28N2O4/c23-17-12-18(19(24)21-16-10-6-1-2-7-11-16)22(13-17)20(25)26-14-15-8-4-3-5-9-15/h3-5,8-9,16-18,23H,1-2,6-7,10-14H2,(H,21,24)/t17-,18-/m1/s1. The van der Waals surface area contributed by atoms with Crippen molar-refractivity contribution in [2.45, 2.75) is 69.7 Å². The predicted octanol–water partition coefficient (Wildman–Crippen LogP) is 2.60. The molecule has 1 heterocycles. The Morgan fingerprint density at radius 3 is 2.50 bits per heavy atom. The van der Waals surface area contributed by atoms with Gasteiger partial charge in [-0.2, -0.15) is 0 Å². The second kappa shape index (κ2) is 9.03. The number of amides is 2. The molecule has 2 aliphatic rings. The van der Waals surface area contributed by atoms with Gasteiger partial charge in [0.05, 0.1) is 12.6 Å². The van der Waals surface area contributed by atoms with Crippen molar-refractivity contribution in [3.05, 3.63) is 35.9 Å². The summed E-state index contributed by atoms with van der Waals surface area (Å²) in [5.41, 5.74) is 0.889. The zero-order valence-corrected chi connectivity index (χ0v) is 15.1. The maximum absolute atomic E-state index is 12.7. The summed E-state index contributed by atoms with van der Waals surface area (Å²) in [6.45, 7) is 0.291. The van der Waals surface area contributed by atoms with Crippen LogP contribution in [0, 0.1) is 0 Å². The fraction of sp³-hybridized carbons (Fsp3) is 0.600. The second-order valence-corrected chi connectivity index (χ2v) is 7.29. The molecule has 2 amide bonds. The van der Waals surface area contributed by atoms with E-state index in [4.69, 9.17) is 4.74 Å². The number of benzene rings is 1. The average molecular weight is 360 g/mol. The molecule has 6 nitrogen and oxygen atoms in total. The molecular formula is C20H28N2O4. The smallest absolute Gasteiger partial charge is 0.410 e. The quantitative estimate of drug-likeness (QED) is 0.809. The van der Waals surface area contributed by atoms with Crippen molar-refractivity contribution in [3.63, 3.8) is 0 Å². The number of hydrogen-bond donors (Lipinski definition) is 2. The van der Waals surface area contributed by atoms with Gasteiger partial charge in [0.1, 0.15) is 12.6 Å². The van der Waals surface area contributed by atoms with Gasteiger partial charge in [0.15, 0.2) is 0 Å². The summed E-state index contributed by atoms with van der Waals surface area (Å²) in [6.07, 6.45) is 5.68. The van der Waals surface area contributed by atoms with Crippen LogP contribution in [-0.4, -0.2) is 46.7 Å². The number of likely N-dealkylation sites (tertiary alicyclic amines) is 1. The minimum Gasteiger partial charge on any atom is -0.445 e. The molecule has 2 atom stereocenters. The van der Waals surface area contributed by atoms with Crippen molar-refractivity contribution >= 4 is 12.0 Å². The third kappa shape index (κ3) is 4.97. The predicted molar refractivity (Wildman–Crippen MR) is 97.4 cm³/mol. The van der Waals surface area contributed by atoms with E-state index in [1.165, 1.54) is 17.7 Å². The van der Waals surface area contributed by atoms with Gasteiger partial charge in [0, 0.05) is 12.5 Å². The van der Waals surface area contributed by atoms with Crippen LogP contribution in [0.5, 0.6) is 0 Å². The Balaban J connectivity index is 1.56. The van der Waals surface area contributed by atoms with Gasteiger partial charge < -0.3 is 15.2 Å². The number of nitrogens with zero attached hydrogens (tertiary/aromatic N) is 1. The van der Waals surface area contributed by atoms with Crippen molar-refractivity contribution in [2.75, 3.05) is 6.54 Å². The topological polar surface area (TPSA) is 78.9 Å². The molecule has 1 aliphatic carbocycles. The number of rotatable bonds is 4. The Hall–Kier alpha value is -2.08. The van der Waals surface area contributed by atoms with Crippen LogP contribution >= 0.6 is 0 Å². The van der Waals surface area contributed by atoms with Gasteiger partial charge in [-0.3, -0.25) is 9.69 Å². The van der Waals surface area contributed by atoms with E-state index in [1.54, 1.807) is 0 Å². The summed E-state index contributed by atoms with van der Waals surface area (Å²) in [5, 5.41) is 13.1. The lowest BCUT2D eigenvalue weighted by atomic mass is 10.1. The lowest BCUT2D eigenvalue weighted by Gasteiger charge is -2.25. The molecule has 1 aliphatic heterocycles. The zero-order valence-electron chi connectivity index (χ0n) is 15.1. The molecule has 6 heteroatoms. The van der Waals surface area contributed by atoms with Gasteiger partial charge in [-0.05, 0) is 18.4 Å². The number of hydrogen-bond acceptors (Lipinski definition) is 4. The number of carbonyl (C=O) groups excluding carboxylic acids is 2. The van der Waals surface area contributed by atoms with E-state index in [2.05, 4.69) is 5.32 Å². The molecule has 0 radical (unpaired) electrons. The molecule has 0 unspecified atom stereocenters. The largest absolute Gasteiger partial charge is 0.445 e. The van der Waals surface area contributed by atoms with Crippen LogP contribution in [0.1, 0.15) is 50.5 Å². The van der Waals surface area contributed by atoms with E-state index in [-0.39, 0.29) is 31.5 Å². The maximum Gasteiger partial charge on any atom is 0.410 e. The molecule has 0 bridgehead atoms. The van der Waals surface area contributed by atoms with Crippen molar-refractivity contribution in [1.82, 2.24) is 10.2 Å². The lowest BCUT2D eigenvalue weighted by Crippen LogP contribution is -2.48. The summed E-state index contributed by atoms with van der Waals surface area (Å²) < 4.78 is 5.35. The molecule has 0 spiro atoms. The van der Waals surface area contributed by atoms with Crippen molar-refractivity contribution < 1.29 is 19.4 Å². The Morgan fingerprint density at radius 2 is 1.81 bits per heavy atom. The fourth-order valence-corrected chi connectivity index (χ4v) is 3.79. The van der Waals surface area contributed by atoms with Crippen LogP contribution in [0.4, 0.5) is 4.79 Å².